The van der Waals surface area contributed by atoms with Crippen molar-refractivity contribution in [1.29, 1.82) is 0 Å². The number of hydrogen-bond acceptors (Lipinski definition) is 6. The summed E-state index contributed by atoms with van der Waals surface area (Å²) < 4.78 is 16.0. The zero-order valence-electron chi connectivity index (χ0n) is 17.5. The molecule has 0 spiro atoms. The molecule has 0 N–H and O–H groups in total. The predicted octanol–water partition coefficient (Wildman–Crippen LogP) is 4.20. The lowest BCUT2D eigenvalue weighted by Crippen LogP contribution is -2.35. The summed E-state index contributed by atoms with van der Waals surface area (Å²) in [5.41, 5.74) is 1.69. The summed E-state index contributed by atoms with van der Waals surface area (Å²) in [6, 6.07) is 15.0. The predicted molar refractivity (Wildman–Crippen MR) is 114 cm³/mol. The summed E-state index contributed by atoms with van der Waals surface area (Å²) >= 11 is 0. The van der Waals surface area contributed by atoms with E-state index >= 15 is 0 Å². The average molecular weight is 407 g/mol. The molecule has 0 radical (unpaired) electrons. The van der Waals surface area contributed by atoms with Crippen LogP contribution in [0.5, 0.6) is 11.5 Å². The molecule has 1 aromatic heterocycles. The van der Waals surface area contributed by atoms with Gasteiger partial charge in [-0.2, -0.15) is 4.98 Å². The smallest absolute Gasteiger partial charge is 0.247 e. The minimum absolute atomic E-state index is 0.0330. The van der Waals surface area contributed by atoms with E-state index in [1.54, 1.807) is 43.4 Å². The summed E-state index contributed by atoms with van der Waals surface area (Å²) in [7, 11) is 3.14. The molecule has 0 unspecified atom stereocenters. The molecule has 3 rings (SSSR count). The Kier molecular flexibility index (Phi) is 6.85. The lowest BCUT2D eigenvalue weighted by Gasteiger charge is -2.23. The second-order valence-corrected chi connectivity index (χ2v) is 6.89. The maximum absolute atomic E-state index is 12.7. The van der Waals surface area contributed by atoms with E-state index in [1.807, 2.05) is 50.2 Å². The maximum atomic E-state index is 12.7. The van der Waals surface area contributed by atoms with E-state index < -0.39 is 0 Å². The normalized spacial score (nSPS) is 11.1. The quantitative estimate of drug-likeness (QED) is 0.521. The first-order valence-electron chi connectivity index (χ1n) is 9.60. The number of nitrogens with zero attached hydrogens (tertiary/aromatic N) is 3. The van der Waals surface area contributed by atoms with Crippen LogP contribution in [0.15, 0.2) is 59.1 Å². The monoisotopic (exact) mass is 407 g/mol. The van der Waals surface area contributed by atoms with E-state index in [1.165, 1.54) is 0 Å². The molecule has 2 aromatic carbocycles. The Balaban J connectivity index is 1.75. The molecule has 0 aliphatic carbocycles. The van der Waals surface area contributed by atoms with Gasteiger partial charge in [-0.25, -0.2) is 0 Å². The summed E-state index contributed by atoms with van der Waals surface area (Å²) in [5.74, 6) is 1.84. The minimum atomic E-state index is -0.125. The molecule has 0 aliphatic rings. The van der Waals surface area contributed by atoms with E-state index in [2.05, 4.69) is 10.1 Å². The van der Waals surface area contributed by atoms with Crippen molar-refractivity contribution < 1.29 is 18.8 Å². The van der Waals surface area contributed by atoms with Crippen LogP contribution in [-0.2, 0) is 11.3 Å². The molecule has 1 amide bonds. The molecule has 0 atom stereocenters. The third-order valence-electron chi connectivity index (χ3n) is 4.54. The van der Waals surface area contributed by atoms with Crippen molar-refractivity contribution in [3.8, 4) is 22.9 Å². The fourth-order valence-electron chi connectivity index (χ4n) is 2.90. The van der Waals surface area contributed by atoms with Crippen LogP contribution in [0.3, 0.4) is 0 Å². The molecule has 0 aliphatic heterocycles. The summed E-state index contributed by atoms with van der Waals surface area (Å²) in [6.45, 7) is 4.11. The fraction of sp³-hybridized carbons (Fsp3) is 0.261. The Morgan fingerprint density at radius 2 is 1.83 bits per heavy atom. The van der Waals surface area contributed by atoms with Crippen molar-refractivity contribution in [3.05, 3.63) is 66.1 Å². The van der Waals surface area contributed by atoms with Gasteiger partial charge in [-0.1, -0.05) is 35.5 Å². The van der Waals surface area contributed by atoms with Crippen LogP contribution in [0.4, 0.5) is 0 Å². The van der Waals surface area contributed by atoms with Gasteiger partial charge in [0.05, 0.1) is 14.2 Å². The number of carbonyl (C=O) groups excluding carboxylic acids is 1. The van der Waals surface area contributed by atoms with Crippen LogP contribution < -0.4 is 9.47 Å². The molecule has 0 saturated carbocycles. The number of carbonyl (C=O) groups is 1. The van der Waals surface area contributed by atoms with Crippen molar-refractivity contribution in [2.75, 3.05) is 14.2 Å². The highest BCUT2D eigenvalue weighted by Gasteiger charge is 2.19. The maximum Gasteiger partial charge on any atom is 0.247 e. The number of amides is 1. The molecule has 0 bridgehead atoms. The summed E-state index contributed by atoms with van der Waals surface area (Å²) in [5, 5.41) is 4.04. The summed E-state index contributed by atoms with van der Waals surface area (Å²) in [6.07, 6.45) is 3.35. The van der Waals surface area contributed by atoms with Crippen molar-refractivity contribution >= 4 is 12.0 Å². The average Bonchev–Trinajstić information content (AvgIpc) is 3.24. The summed E-state index contributed by atoms with van der Waals surface area (Å²) in [4.78, 5) is 18.8. The van der Waals surface area contributed by atoms with E-state index in [0.717, 1.165) is 11.1 Å². The minimum Gasteiger partial charge on any atom is -0.493 e. The van der Waals surface area contributed by atoms with Crippen LogP contribution >= 0.6 is 0 Å². The van der Waals surface area contributed by atoms with Gasteiger partial charge in [-0.05, 0) is 43.7 Å². The molecule has 156 valence electrons. The van der Waals surface area contributed by atoms with E-state index in [0.29, 0.717) is 23.2 Å². The number of benzene rings is 2. The molecule has 3 aromatic rings. The molecular formula is C23H25N3O4. The molecule has 7 heteroatoms. The molecule has 30 heavy (non-hydrogen) atoms. The Morgan fingerprint density at radius 1 is 1.10 bits per heavy atom. The van der Waals surface area contributed by atoms with Crippen molar-refractivity contribution in [3.63, 3.8) is 0 Å². The van der Waals surface area contributed by atoms with Gasteiger partial charge in [0.15, 0.2) is 11.5 Å². The number of aromatic nitrogens is 2. The van der Waals surface area contributed by atoms with Crippen LogP contribution in [0.1, 0.15) is 25.3 Å². The second-order valence-electron chi connectivity index (χ2n) is 6.89. The second kappa shape index (κ2) is 9.73. The topological polar surface area (TPSA) is 77.7 Å². The molecule has 0 fully saturated rings. The number of ether oxygens (including phenoxy) is 2. The van der Waals surface area contributed by atoms with Crippen LogP contribution in [-0.4, -0.2) is 41.2 Å². The molecular weight excluding hydrogens is 382 g/mol. The Morgan fingerprint density at radius 3 is 2.50 bits per heavy atom. The van der Waals surface area contributed by atoms with E-state index in [4.69, 9.17) is 14.0 Å². The van der Waals surface area contributed by atoms with Crippen molar-refractivity contribution in [2.45, 2.75) is 26.4 Å². The lowest BCUT2D eigenvalue weighted by molar-refractivity contribution is -0.128. The number of rotatable bonds is 8. The number of hydrogen-bond donors (Lipinski definition) is 0. The highest BCUT2D eigenvalue weighted by atomic mass is 16.5. The Bertz CT molecular complexity index is 1010. The van der Waals surface area contributed by atoms with Gasteiger partial charge < -0.3 is 18.9 Å². The van der Waals surface area contributed by atoms with Gasteiger partial charge in [0.25, 0.3) is 0 Å². The highest BCUT2D eigenvalue weighted by molar-refractivity contribution is 5.91. The Labute approximate surface area is 175 Å². The third kappa shape index (κ3) is 5.05. The largest absolute Gasteiger partial charge is 0.493 e. The van der Waals surface area contributed by atoms with Crippen molar-refractivity contribution in [2.24, 2.45) is 0 Å². The van der Waals surface area contributed by atoms with Gasteiger partial charge in [0.1, 0.15) is 6.54 Å². The first-order chi connectivity index (χ1) is 14.5. The van der Waals surface area contributed by atoms with Crippen LogP contribution in [0, 0.1) is 0 Å². The molecule has 7 nitrogen and oxygen atoms in total. The molecule has 1 heterocycles. The van der Waals surface area contributed by atoms with Crippen LogP contribution in [0.25, 0.3) is 17.5 Å². The van der Waals surface area contributed by atoms with Gasteiger partial charge in [-0.3, -0.25) is 4.79 Å². The fourth-order valence-corrected chi connectivity index (χ4v) is 2.90. The van der Waals surface area contributed by atoms with Crippen LogP contribution in [0.2, 0.25) is 0 Å². The zero-order valence-corrected chi connectivity index (χ0v) is 17.5. The lowest BCUT2D eigenvalue weighted by atomic mass is 10.2. The van der Waals surface area contributed by atoms with E-state index in [-0.39, 0.29) is 18.5 Å². The van der Waals surface area contributed by atoms with Gasteiger partial charge in [-0.15, -0.1) is 0 Å². The first-order valence-corrected chi connectivity index (χ1v) is 9.60. The Hall–Kier alpha value is -3.61. The van der Waals surface area contributed by atoms with E-state index in [9.17, 15) is 4.79 Å². The van der Waals surface area contributed by atoms with Crippen molar-refractivity contribution in [1.82, 2.24) is 15.0 Å². The highest BCUT2D eigenvalue weighted by Crippen LogP contribution is 2.31. The van der Waals surface area contributed by atoms with Gasteiger partial charge >= 0.3 is 0 Å². The zero-order chi connectivity index (χ0) is 21.5. The number of methoxy groups -OCH3 is 2. The van der Waals surface area contributed by atoms with Gasteiger partial charge in [0, 0.05) is 17.7 Å². The standard InChI is InChI=1S/C23H25N3O4/c1-16(2)26(22(27)13-10-17-8-6-5-7-9-17)15-21-24-23(25-30-21)18-11-12-19(28-3)20(14-18)29-4/h5-14,16H,15H2,1-4H3/b13-10+. The SMILES string of the molecule is COc1ccc(-c2noc(CN(C(=O)/C=C/c3ccccc3)C(C)C)n2)cc1OC. The molecule has 0 saturated heterocycles. The third-order valence-corrected chi connectivity index (χ3v) is 4.54. The van der Waals surface area contributed by atoms with Gasteiger partial charge in [0.2, 0.25) is 17.6 Å². The first kappa shape index (κ1) is 21.1.